The van der Waals surface area contributed by atoms with Crippen molar-refractivity contribution in [1.29, 1.82) is 0 Å². The molecule has 0 radical (unpaired) electrons. The van der Waals surface area contributed by atoms with Crippen molar-refractivity contribution in [3.63, 3.8) is 0 Å². The number of aliphatic carboxylic acids is 1. The highest BCUT2D eigenvalue weighted by molar-refractivity contribution is 5.96. The molecule has 1 amide bonds. The van der Waals surface area contributed by atoms with Gasteiger partial charge >= 0.3 is 5.97 Å². The Balaban J connectivity index is 2.79. The number of carboxylic acids is 1. The number of ether oxygens (including phenoxy) is 1. The lowest BCUT2D eigenvalue weighted by molar-refractivity contribution is -0.139. The van der Waals surface area contributed by atoms with E-state index in [0.29, 0.717) is 12.2 Å². The summed E-state index contributed by atoms with van der Waals surface area (Å²) in [7, 11) is 1.56. The van der Waals surface area contributed by atoms with Gasteiger partial charge in [0.25, 0.3) is 5.91 Å². The molecule has 1 unspecified atom stereocenters. The third kappa shape index (κ3) is 4.45. The second-order valence-electron chi connectivity index (χ2n) is 3.91. The lowest BCUT2D eigenvalue weighted by atomic mass is 10.1. The number of rotatable bonds is 6. The van der Waals surface area contributed by atoms with Gasteiger partial charge in [0.2, 0.25) is 0 Å². The first-order valence-electron chi connectivity index (χ1n) is 5.63. The smallest absolute Gasteiger partial charge is 0.327 e. The molecule has 0 aromatic heterocycles. The van der Waals surface area contributed by atoms with Crippen LogP contribution in [0.2, 0.25) is 0 Å². The van der Waals surface area contributed by atoms with Gasteiger partial charge in [-0.1, -0.05) is 12.1 Å². The molecule has 2 N–H and O–H groups in total. The molecule has 1 aromatic carbocycles. The van der Waals surface area contributed by atoms with E-state index in [9.17, 15) is 9.59 Å². The number of hydrogen-bond donors (Lipinski definition) is 2. The van der Waals surface area contributed by atoms with Crippen LogP contribution in [0.25, 0.3) is 0 Å². The van der Waals surface area contributed by atoms with Crippen LogP contribution in [0.3, 0.4) is 0 Å². The first-order valence-corrected chi connectivity index (χ1v) is 5.63. The van der Waals surface area contributed by atoms with Gasteiger partial charge in [0, 0.05) is 19.1 Å². The van der Waals surface area contributed by atoms with Crippen LogP contribution in [0.4, 0.5) is 0 Å². The van der Waals surface area contributed by atoms with Crippen molar-refractivity contribution in [3.8, 4) is 12.3 Å². The molecule has 1 aromatic rings. The molecule has 5 nitrogen and oxygen atoms in total. The Hall–Kier alpha value is -2.32. The third-order valence-corrected chi connectivity index (χ3v) is 2.43. The SMILES string of the molecule is C#CCC(NC(=O)c1cccc(COC)c1)C(=O)O. The molecule has 0 heterocycles. The predicted molar refractivity (Wildman–Crippen MR) is 69.5 cm³/mol. The summed E-state index contributed by atoms with van der Waals surface area (Å²) in [5.74, 6) is 0.597. The number of carbonyl (C=O) groups is 2. The summed E-state index contributed by atoms with van der Waals surface area (Å²) >= 11 is 0. The summed E-state index contributed by atoms with van der Waals surface area (Å²) in [6.45, 7) is 0.383. The lowest BCUT2D eigenvalue weighted by Crippen LogP contribution is -2.40. The zero-order valence-corrected chi connectivity index (χ0v) is 10.6. The highest BCUT2D eigenvalue weighted by atomic mass is 16.5. The van der Waals surface area contributed by atoms with Crippen molar-refractivity contribution in [3.05, 3.63) is 35.4 Å². The van der Waals surface area contributed by atoms with Crippen LogP contribution in [0.15, 0.2) is 24.3 Å². The number of amides is 1. The highest BCUT2D eigenvalue weighted by Crippen LogP contribution is 2.07. The number of carboxylic acid groups (broad SMARTS) is 1. The van der Waals surface area contributed by atoms with Gasteiger partial charge in [-0.05, 0) is 17.7 Å². The quantitative estimate of drug-likeness (QED) is 0.750. The van der Waals surface area contributed by atoms with Crippen LogP contribution in [0, 0.1) is 12.3 Å². The Bertz CT molecular complexity index is 504. The van der Waals surface area contributed by atoms with Crippen molar-refractivity contribution in [2.75, 3.05) is 7.11 Å². The van der Waals surface area contributed by atoms with Crippen LogP contribution >= 0.6 is 0 Å². The molecule has 0 fully saturated rings. The Labute approximate surface area is 111 Å². The largest absolute Gasteiger partial charge is 0.480 e. The molecule has 1 rings (SSSR count). The van der Waals surface area contributed by atoms with Gasteiger partial charge in [-0.2, -0.15) is 0 Å². The summed E-state index contributed by atoms with van der Waals surface area (Å²) in [5.41, 5.74) is 1.21. The summed E-state index contributed by atoms with van der Waals surface area (Å²) in [6.07, 6.45) is 5.01. The van der Waals surface area contributed by atoms with E-state index in [1.54, 1.807) is 25.3 Å². The molecule has 0 aliphatic rings. The molecule has 0 bridgehead atoms. The van der Waals surface area contributed by atoms with Gasteiger partial charge < -0.3 is 15.2 Å². The minimum Gasteiger partial charge on any atom is -0.480 e. The number of benzene rings is 1. The second kappa shape index (κ2) is 7.19. The predicted octanol–water partition coefficient (Wildman–Crippen LogP) is 1.04. The Morgan fingerprint density at radius 1 is 1.53 bits per heavy atom. The minimum atomic E-state index is -1.15. The first kappa shape index (κ1) is 14.7. The molecule has 0 saturated heterocycles. The van der Waals surface area contributed by atoms with E-state index < -0.39 is 17.9 Å². The molecule has 0 aliphatic heterocycles. The zero-order valence-electron chi connectivity index (χ0n) is 10.6. The zero-order chi connectivity index (χ0) is 14.3. The van der Waals surface area contributed by atoms with Gasteiger partial charge in [0.05, 0.1) is 6.61 Å². The van der Waals surface area contributed by atoms with Crippen LogP contribution in [0.1, 0.15) is 22.3 Å². The maximum atomic E-state index is 11.9. The lowest BCUT2D eigenvalue weighted by Gasteiger charge is -2.12. The van der Waals surface area contributed by atoms with Gasteiger partial charge in [0.1, 0.15) is 6.04 Å². The van der Waals surface area contributed by atoms with Crippen molar-refractivity contribution < 1.29 is 19.4 Å². The van der Waals surface area contributed by atoms with Crippen LogP contribution in [0.5, 0.6) is 0 Å². The third-order valence-electron chi connectivity index (χ3n) is 2.43. The monoisotopic (exact) mass is 261 g/mol. The van der Waals surface area contributed by atoms with E-state index in [2.05, 4.69) is 11.2 Å². The standard InChI is InChI=1S/C14H15NO4/c1-3-5-12(14(17)18)15-13(16)11-7-4-6-10(8-11)9-19-2/h1,4,6-8,12H,5,9H2,2H3,(H,15,16)(H,17,18). The van der Waals surface area contributed by atoms with Crippen molar-refractivity contribution in [2.24, 2.45) is 0 Å². The van der Waals surface area contributed by atoms with Gasteiger partial charge in [-0.3, -0.25) is 4.79 Å². The maximum Gasteiger partial charge on any atom is 0.327 e. The highest BCUT2D eigenvalue weighted by Gasteiger charge is 2.19. The van der Waals surface area contributed by atoms with Crippen LogP contribution < -0.4 is 5.32 Å². The molecular formula is C14H15NO4. The van der Waals surface area contributed by atoms with E-state index in [-0.39, 0.29) is 6.42 Å². The van der Waals surface area contributed by atoms with E-state index in [1.807, 2.05) is 6.07 Å². The first-order chi connectivity index (χ1) is 9.08. The van der Waals surface area contributed by atoms with E-state index in [0.717, 1.165) is 5.56 Å². The van der Waals surface area contributed by atoms with E-state index in [1.165, 1.54) is 0 Å². The molecule has 1 atom stereocenters. The Kier molecular flexibility index (Phi) is 5.58. The van der Waals surface area contributed by atoms with Crippen molar-refractivity contribution in [1.82, 2.24) is 5.32 Å². The van der Waals surface area contributed by atoms with E-state index in [4.69, 9.17) is 16.3 Å². The van der Waals surface area contributed by atoms with Crippen molar-refractivity contribution in [2.45, 2.75) is 19.1 Å². The van der Waals surface area contributed by atoms with Crippen LogP contribution in [-0.4, -0.2) is 30.1 Å². The fraction of sp³-hybridized carbons (Fsp3) is 0.286. The Morgan fingerprint density at radius 2 is 2.26 bits per heavy atom. The number of carbonyl (C=O) groups excluding carboxylic acids is 1. The van der Waals surface area contributed by atoms with E-state index >= 15 is 0 Å². The summed E-state index contributed by atoms with van der Waals surface area (Å²) < 4.78 is 4.97. The second-order valence-corrected chi connectivity index (χ2v) is 3.91. The molecule has 100 valence electrons. The number of methoxy groups -OCH3 is 1. The summed E-state index contributed by atoms with van der Waals surface area (Å²) in [6, 6.07) is 5.69. The minimum absolute atomic E-state index is 0.0567. The maximum absolute atomic E-state index is 11.9. The Morgan fingerprint density at radius 3 is 2.84 bits per heavy atom. The number of terminal acetylenes is 1. The van der Waals surface area contributed by atoms with Crippen molar-refractivity contribution >= 4 is 11.9 Å². The fourth-order valence-electron chi connectivity index (χ4n) is 1.53. The average molecular weight is 261 g/mol. The molecule has 0 saturated carbocycles. The molecule has 0 aliphatic carbocycles. The van der Waals surface area contributed by atoms with Crippen LogP contribution in [-0.2, 0) is 16.1 Å². The molecule has 0 spiro atoms. The topological polar surface area (TPSA) is 75.6 Å². The molecule has 5 heteroatoms. The summed E-state index contributed by atoms with van der Waals surface area (Å²) in [4.78, 5) is 22.8. The van der Waals surface area contributed by atoms with Gasteiger partial charge in [0.15, 0.2) is 0 Å². The van der Waals surface area contributed by atoms with Gasteiger partial charge in [-0.15, -0.1) is 12.3 Å². The van der Waals surface area contributed by atoms with Gasteiger partial charge in [-0.25, -0.2) is 4.79 Å². The molecular weight excluding hydrogens is 246 g/mol. The average Bonchev–Trinajstić information content (AvgIpc) is 2.38. The normalized spacial score (nSPS) is 11.4. The summed E-state index contributed by atoms with van der Waals surface area (Å²) in [5, 5.41) is 11.3. The number of hydrogen-bond acceptors (Lipinski definition) is 3. The fourth-order valence-corrected chi connectivity index (χ4v) is 1.53. The number of nitrogens with one attached hydrogen (secondary N) is 1. The molecule has 19 heavy (non-hydrogen) atoms.